The largest absolute Gasteiger partial charge is 0.454 e. The molecule has 2 aromatic rings. The zero-order valence-electron chi connectivity index (χ0n) is 9.52. The van der Waals surface area contributed by atoms with Crippen LogP contribution in [0.15, 0.2) is 41.1 Å². The second-order valence-electron chi connectivity index (χ2n) is 3.91. The first-order valence-corrected chi connectivity index (χ1v) is 6.34. The minimum absolute atomic E-state index is 0.285. The quantitative estimate of drug-likeness (QED) is 0.946. The molecule has 1 aliphatic heterocycles. The maximum absolute atomic E-state index is 5.38. The average Bonchev–Trinajstić information content (AvgIpc) is 2.86. The van der Waals surface area contributed by atoms with Gasteiger partial charge in [0.15, 0.2) is 11.5 Å². The van der Waals surface area contributed by atoms with E-state index in [1.54, 1.807) is 12.4 Å². The van der Waals surface area contributed by atoms with Crippen LogP contribution in [-0.4, -0.2) is 11.8 Å². The third-order valence-electron chi connectivity index (χ3n) is 2.65. The molecule has 92 valence electrons. The molecule has 1 aliphatic rings. The molecule has 0 bridgehead atoms. The molecule has 3 rings (SSSR count). The van der Waals surface area contributed by atoms with Gasteiger partial charge in [-0.1, -0.05) is 0 Å². The van der Waals surface area contributed by atoms with Crippen LogP contribution in [0.2, 0.25) is 0 Å². The second kappa shape index (κ2) is 4.86. The number of nitrogens with one attached hydrogen (secondary N) is 1. The van der Waals surface area contributed by atoms with E-state index in [9.17, 15) is 0 Å². The van der Waals surface area contributed by atoms with E-state index in [4.69, 9.17) is 9.47 Å². The number of anilines is 1. The monoisotopic (exact) mass is 306 g/mol. The van der Waals surface area contributed by atoms with E-state index in [1.807, 2.05) is 24.3 Å². The van der Waals surface area contributed by atoms with E-state index >= 15 is 0 Å². The van der Waals surface area contributed by atoms with Crippen molar-refractivity contribution in [3.8, 4) is 11.5 Å². The fraction of sp³-hybridized carbons (Fsp3) is 0.154. The van der Waals surface area contributed by atoms with Crippen LogP contribution < -0.4 is 14.8 Å². The highest BCUT2D eigenvalue weighted by atomic mass is 79.9. The van der Waals surface area contributed by atoms with Crippen molar-refractivity contribution in [2.45, 2.75) is 6.54 Å². The molecule has 0 amide bonds. The van der Waals surface area contributed by atoms with Gasteiger partial charge in [-0.05, 0) is 45.8 Å². The maximum atomic E-state index is 5.38. The Hall–Kier alpha value is -1.75. The summed E-state index contributed by atoms with van der Waals surface area (Å²) in [7, 11) is 0. The lowest BCUT2D eigenvalue weighted by molar-refractivity contribution is 0.173. The average molecular weight is 307 g/mol. The molecule has 18 heavy (non-hydrogen) atoms. The van der Waals surface area contributed by atoms with Gasteiger partial charge in [-0.2, -0.15) is 0 Å². The number of ether oxygens (including phenoxy) is 2. The summed E-state index contributed by atoms with van der Waals surface area (Å²) < 4.78 is 11.6. The summed E-state index contributed by atoms with van der Waals surface area (Å²) in [5.41, 5.74) is 2.11. The Morgan fingerprint density at radius 3 is 3.11 bits per heavy atom. The molecule has 0 radical (unpaired) electrons. The number of nitrogens with zero attached hydrogens (tertiary/aromatic N) is 1. The zero-order chi connectivity index (χ0) is 12.4. The van der Waals surface area contributed by atoms with Gasteiger partial charge in [0.2, 0.25) is 6.79 Å². The zero-order valence-corrected chi connectivity index (χ0v) is 11.1. The summed E-state index contributed by atoms with van der Waals surface area (Å²) in [6.45, 7) is 0.994. The van der Waals surface area contributed by atoms with E-state index in [0.29, 0.717) is 6.54 Å². The van der Waals surface area contributed by atoms with Gasteiger partial charge in [0, 0.05) is 18.9 Å². The number of fused-ring (bicyclic) bond motifs is 1. The number of pyridine rings is 1. The number of hydrogen-bond donors (Lipinski definition) is 1. The fourth-order valence-corrected chi connectivity index (χ4v) is 2.40. The molecule has 0 atom stereocenters. The highest BCUT2D eigenvalue weighted by molar-refractivity contribution is 9.10. The lowest BCUT2D eigenvalue weighted by atomic mass is 10.2. The smallest absolute Gasteiger partial charge is 0.231 e. The summed E-state index contributed by atoms with van der Waals surface area (Å²) in [5, 5.41) is 3.30. The maximum Gasteiger partial charge on any atom is 0.231 e. The molecule has 5 heteroatoms. The standard InChI is InChI=1S/C13H11BrN2O2/c14-11-4-9(5-12-13(11)18-8-17-12)6-16-10-2-1-3-15-7-10/h1-5,7,16H,6,8H2. The van der Waals surface area contributed by atoms with Gasteiger partial charge < -0.3 is 14.8 Å². The van der Waals surface area contributed by atoms with Gasteiger partial charge >= 0.3 is 0 Å². The number of aromatic nitrogens is 1. The van der Waals surface area contributed by atoms with Crippen LogP contribution in [0.25, 0.3) is 0 Å². The second-order valence-corrected chi connectivity index (χ2v) is 4.76. The molecule has 0 fully saturated rings. The van der Waals surface area contributed by atoms with Crippen molar-refractivity contribution < 1.29 is 9.47 Å². The molecular weight excluding hydrogens is 296 g/mol. The molecule has 1 aromatic carbocycles. The van der Waals surface area contributed by atoms with Crippen LogP contribution >= 0.6 is 15.9 Å². The topological polar surface area (TPSA) is 43.4 Å². The molecule has 0 saturated carbocycles. The fourth-order valence-electron chi connectivity index (χ4n) is 1.79. The number of halogens is 1. The molecule has 1 N–H and O–H groups in total. The first-order chi connectivity index (χ1) is 8.83. The Morgan fingerprint density at radius 1 is 1.33 bits per heavy atom. The van der Waals surface area contributed by atoms with Crippen molar-refractivity contribution in [3.63, 3.8) is 0 Å². The molecule has 0 aliphatic carbocycles. The minimum atomic E-state index is 0.285. The number of benzene rings is 1. The molecule has 0 unspecified atom stereocenters. The van der Waals surface area contributed by atoms with Crippen LogP contribution in [0.3, 0.4) is 0 Å². The number of rotatable bonds is 3. The predicted molar refractivity (Wildman–Crippen MR) is 71.8 cm³/mol. The van der Waals surface area contributed by atoms with Crippen molar-refractivity contribution in [1.29, 1.82) is 0 Å². The van der Waals surface area contributed by atoms with Gasteiger partial charge in [-0.25, -0.2) is 0 Å². The molecule has 1 aromatic heterocycles. The summed E-state index contributed by atoms with van der Waals surface area (Å²) in [4.78, 5) is 4.06. The molecule has 0 saturated heterocycles. The normalized spacial score (nSPS) is 12.5. The third kappa shape index (κ3) is 2.26. The summed E-state index contributed by atoms with van der Waals surface area (Å²) in [5.74, 6) is 1.56. The summed E-state index contributed by atoms with van der Waals surface area (Å²) in [6.07, 6.45) is 3.55. The van der Waals surface area contributed by atoms with Crippen LogP contribution in [0, 0.1) is 0 Å². The van der Waals surface area contributed by atoms with Crippen LogP contribution in [0.5, 0.6) is 11.5 Å². The van der Waals surface area contributed by atoms with Crippen molar-refractivity contribution >= 4 is 21.6 Å². The number of hydrogen-bond acceptors (Lipinski definition) is 4. The molecule has 0 spiro atoms. The van der Waals surface area contributed by atoms with Gasteiger partial charge in [0.25, 0.3) is 0 Å². The predicted octanol–water partition coefficient (Wildman–Crippen LogP) is 3.18. The minimum Gasteiger partial charge on any atom is -0.454 e. The lowest BCUT2D eigenvalue weighted by Crippen LogP contribution is -1.99. The highest BCUT2D eigenvalue weighted by Crippen LogP contribution is 2.40. The van der Waals surface area contributed by atoms with E-state index in [-0.39, 0.29) is 6.79 Å². The van der Waals surface area contributed by atoms with Crippen molar-refractivity contribution in [3.05, 3.63) is 46.7 Å². The Kier molecular flexibility index (Phi) is 3.06. The van der Waals surface area contributed by atoms with Crippen molar-refractivity contribution in [2.75, 3.05) is 12.1 Å². The van der Waals surface area contributed by atoms with E-state index in [0.717, 1.165) is 27.2 Å². The van der Waals surface area contributed by atoms with Gasteiger partial charge in [0.1, 0.15) is 0 Å². The highest BCUT2D eigenvalue weighted by Gasteiger charge is 2.17. The van der Waals surface area contributed by atoms with Crippen LogP contribution in [0.4, 0.5) is 5.69 Å². The van der Waals surface area contributed by atoms with E-state index < -0.39 is 0 Å². The molecule has 4 nitrogen and oxygen atoms in total. The Bertz CT molecular complexity index is 560. The van der Waals surface area contributed by atoms with Gasteiger partial charge in [-0.15, -0.1) is 0 Å². The molecule has 2 heterocycles. The SMILES string of the molecule is Brc1cc(CNc2cccnc2)cc2c1OCO2. The molecular formula is C13H11BrN2O2. The first-order valence-electron chi connectivity index (χ1n) is 5.55. The first kappa shape index (κ1) is 11.3. The van der Waals surface area contributed by atoms with Crippen LogP contribution in [-0.2, 0) is 6.54 Å². The summed E-state index contributed by atoms with van der Waals surface area (Å²) in [6, 6.07) is 7.89. The Labute approximate surface area is 113 Å². The van der Waals surface area contributed by atoms with Crippen LogP contribution in [0.1, 0.15) is 5.56 Å². The Balaban J connectivity index is 1.76. The van der Waals surface area contributed by atoms with E-state index in [2.05, 4.69) is 26.2 Å². The van der Waals surface area contributed by atoms with Crippen molar-refractivity contribution in [2.24, 2.45) is 0 Å². The lowest BCUT2D eigenvalue weighted by Gasteiger charge is -2.07. The van der Waals surface area contributed by atoms with E-state index in [1.165, 1.54) is 0 Å². The van der Waals surface area contributed by atoms with Crippen molar-refractivity contribution in [1.82, 2.24) is 4.98 Å². The third-order valence-corrected chi connectivity index (χ3v) is 3.23. The Morgan fingerprint density at radius 2 is 2.28 bits per heavy atom. The van der Waals surface area contributed by atoms with Gasteiger partial charge in [-0.3, -0.25) is 4.98 Å². The summed E-state index contributed by atoms with van der Waals surface area (Å²) >= 11 is 3.48. The van der Waals surface area contributed by atoms with Gasteiger partial charge in [0.05, 0.1) is 10.2 Å².